The highest BCUT2D eigenvalue weighted by atomic mass is 19.2. The molecule has 20 heavy (non-hydrogen) atoms. The van der Waals surface area contributed by atoms with Gasteiger partial charge in [-0.05, 0) is 24.6 Å². The van der Waals surface area contributed by atoms with E-state index in [9.17, 15) is 18.0 Å². The van der Waals surface area contributed by atoms with Crippen LogP contribution >= 0.6 is 0 Å². The fourth-order valence-corrected chi connectivity index (χ4v) is 1.72. The van der Waals surface area contributed by atoms with Crippen LogP contribution in [-0.2, 0) is 0 Å². The molecule has 0 saturated carbocycles. The minimum absolute atomic E-state index is 0.167. The predicted octanol–water partition coefficient (Wildman–Crippen LogP) is 3.25. The van der Waals surface area contributed by atoms with Gasteiger partial charge in [0.25, 0.3) is 5.91 Å². The van der Waals surface area contributed by atoms with Crippen molar-refractivity contribution in [1.29, 1.82) is 0 Å². The van der Waals surface area contributed by atoms with E-state index in [2.05, 4.69) is 5.32 Å². The fourth-order valence-electron chi connectivity index (χ4n) is 1.72. The van der Waals surface area contributed by atoms with Gasteiger partial charge in [0.2, 0.25) is 0 Å². The van der Waals surface area contributed by atoms with Gasteiger partial charge in [-0.2, -0.15) is 0 Å². The van der Waals surface area contributed by atoms with Crippen molar-refractivity contribution < 1.29 is 18.0 Å². The molecule has 2 aromatic carbocycles. The van der Waals surface area contributed by atoms with Crippen LogP contribution < -0.4 is 11.1 Å². The van der Waals surface area contributed by atoms with Crippen LogP contribution in [-0.4, -0.2) is 5.91 Å². The molecule has 104 valence electrons. The summed E-state index contributed by atoms with van der Waals surface area (Å²) in [6.07, 6.45) is 0. The molecule has 0 aliphatic heterocycles. The SMILES string of the molecule is Cc1ccc(C(=O)Nc2cc(F)c(F)c(F)c2)c(N)c1. The van der Waals surface area contributed by atoms with Crippen molar-refractivity contribution in [2.24, 2.45) is 0 Å². The summed E-state index contributed by atoms with van der Waals surface area (Å²) < 4.78 is 38.9. The molecule has 1 amide bonds. The lowest BCUT2D eigenvalue weighted by molar-refractivity contribution is 0.102. The number of hydrogen-bond acceptors (Lipinski definition) is 2. The Bertz CT molecular complexity index is 663. The zero-order chi connectivity index (χ0) is 14.9. The Kier molecular flexibility index (Phi) is 3.65. The summed E-state index contributed by atoms with van der Waals surface area (Å²) in [5.41, 5.74) is 6.78. The molecule has 2 aromatic rings. The maximum Gasteiger partial charge on any atom is 0.257 e. The summed E-state index contributed by atoms with van der Waals surface area (Å²) in [5, 5.41) is 2.26. The number of halogens is 3. The number of nitrogen functional groups attached to an aromatic ring is 1. The largest absolute Gasteiger partial charge is 0.398 e. The van der Waals surface area contributed by atoms with E-state index in [0.717, 1.165) is 5.56 Å². The van der Waals surface area contributed by atoms with Crippen LogP contribution in [0.2, 0.25) is 0 Å². The van der Waals surface area contributed by atoms with E-state index in [4.69, 9.17) is 5.73 Å². The maximum absolute atomic E-state index is 13.0. The first-order chi connectivity index (χ1) is 9.38. The second-order valence-corrected chi connectivity index (χ2v) is 4.30. The van der Waals surface area contributed by atoms with Crippen LogP contribution in [0.5, 0.6) is 0 Å². The molecule has 0 aromatic heterocycles. The average molecular weight is 280 g/mol. The summed E-state index contributed by atoms with van der Waals surface area (Å²) >= 11 is 0. The van der Waals surface area contributed by atoms with E-state index in [0.29, 0.717) is 12.1 Å². The second kappa shape index (κ2) is 5.24. The van der Waals surface area contributed by atoms with E-state index in [-0.39, 0.29) is 16.9 Å². The zero-order valence-corrected chi connectivity index (χ0v) is 10.5. The number of amides is 1. The van der Waals surface area contributed by atoms with E-state index in [1.54, 1.807) is 12.1 Å². The van der Waals surface area contributed by atoms with Crippen molar-refractivity contribution in [2.75, 3.05) is 11.1 Å². The van der Waals surface area contributed by atoms with Crippen molar-refractivity contribution in [1.82, 2.24) is 0 Å². The van der Waals surface area contributed by atoms with Crippen molar-refractivity contribution in [2.45, 2.75) is 6.92 Å². The molecule has 0 aliphatic carbocycles. The van der Waals surface area contributed by atoms with E-state index >= 15 is 0 Å². The van der Waals surface area contributed by atoms with Gasteiger partial charge in [0.15, 0.2) is 17.5 Å². The molecule has 0 saturated heterocycles. The number of nitrogens with two attached hydrogens (primary N) is 1. The number of carbonyl (C=O) groups excluding carboxylic acids is 1. The minimum atomic E-state index is -1.59. The lowest BCUT2D eigenvalue weighted by atomic mass is 10.1. The van der Waals surface area contributed by atoms with E-state index in [1.807, 2.05) is 6.92 Å². The third-order valence-corrected chi connectivity index (χ3v) is 2.69. The molecule has 0 atom stereocenters. The number of benzene rings is 2. The number of nitrogens with one attached hydrogen (secondary N) is 1. The molecule has 0 fully saturated rings. The van der Waals surface area contributed by atoms with Gasteiger partial charge in [-0.15, -0.1) is 0 Å². The third kappa shape index (κ3) is 2.74. The molecule has 0 bridgehead atoms. The summed E-state index contributed by atoms with van der Waals surface area (Å²) in [6, 6.07) is 6.16. The minimum Gasteiger partial charge on any atom is -0.398 e. The normalized spacial score (nSPS) is 10.4. The molecule has 3 N–H and O–H groups in total. The van der Waals surface area contributed by atoms with Crippen molar-refractivity contribution >= 4 is 17.3 Å². The molecule has 6 heteroatoms. The van der Waals surface area contributed by atoms with Gasteiger partial charge in [-0.25, -0.2) is 13.2 Å². The van der Waals surface area contributed by atoms with Gasteiger partial charge in [0.1, 0.15) is 0 Å². The fraction of sp³-hybridized carbons (Fsp3) is 0.0714. The Morgan fingerprint density at radius 2 is 1.70 bits per heavy atom. The highest BCUT2D eigenvalue weighted by Gasteiger charge is 2.14. The average Bonchev–Trinajstić information content (AvgIpc) is 2.35. The van der Waals surface area contributed by atoms with Crippen molar-refractivity contribution in [3.63, 3.8) is 0 Å². The molecular formula is C14H11F3N2O. The van der Waals surface area contributed by atoms with Gasteiger partial charge in [-0.3, -0.25) is 4.79 Å². The Balaban J connectivity index is 2.28. The first-order valence-electron chi connectivity index (χ1n) is 5.70. The van der Waals surface area contributed by atoms with E-state index in [1.165, 1.54) is 6.07 Å². The quantitative estimate of drug-likeness (QED) is 0.655. The summed E-state index contributed by atoms with van der Waals surface area (Å²) in [4.78, 5) is 11.9. The Hall–Kier alpha value is -2.50. The monoisotopic (exact) mass is 280 g/mol. The van der Waals surface area contributed by atoms with Crippen LogP contribution in [0.15, 0.2) is 30.3 Å². The van der Waals surface area contributed by atoms with Crippen LogP contribution in [0.3, 0.4) is 0 Å². The Morgan fingerprint density at radius 1 is 1.10 bits per heavy atom. The zero-order valence-electron chi connectivity index (χ0n) is 10.5. The summed E-state index contributed by atoms with van der Waals surface area (Å²) in [7, 11) is 0. The van der Waals surface area contributed by atoms with Gasteiger partial charge in [-0.1, -0.05) is 6.07 Å². The lowest BCUT2D eigenvalue weighted by Gasteiger charge is -2.09. The van der Waals surface area contributed by atoms with Crippen molar-refractivity contribution in [3.8, 4) is 0 Å². The smallest absolute Gasteiger partial charge is 0.257 e. The van der Waals surface area contributed by atoms with Gasteiger partial charge in [0, 0.05) is 23.5 Å². The number of rotatable bonds is 2. The first kappa shape index (κ1) is 13.9. The number of aryl methyl sites for hydroxylation is 1. The first-order valence-corrected chi connectivity index (χ1v) is 5.70. The molecule has 2 rings (SSSR count). The summed E-state index contributed by atoms with van der Waals surface area (Å²) in [5.74, 6) is -4.97. The Morgan fingerprint density at radius 3 is 2.25 bits per heavy atom. The van der Waals surface area contributed by atoms with E-state index < -0.39 is 23.4 Å². The second-order valence-electron chi connectivity index (χ2n) is 4.30. The topological polar surface area (TPSA) is 55.1 Å². The van der Waals surface area contributed by atoms with Crippen LogP contribution in [0.1, 0.15) is 15.9 Å². The Labute approximate surface area is 113 Å². The predicted molar refractivity (Wildman–Crippen MR) is 69.9 cm³/mol. The number of carbonyl (C=O) groups is 1. The van der Waals surface area contributed by atoms with Crippen LogP contribution in [0, 0.1) is 24.4 Å². The molecule has 0 aliphatic rings. The van der Waals surface area contributed by atoms with Crippen LogP contribution in [0.4, 0.5) is 24.5 Å². The maximum atomic E-state index is 13.0. The standard InChI is InChI=1S/C14H11F3N2O/c1-7-2-3-9(12(18)4-7)14(20)19-8-5-10(15)13(17)11(16)6-8/h2-6H,18H2,1H3,(H,19,20). The van der Waals surface area contributed by atoms with Gasteiger partial charge < -0.3 is 11.1 Å². The highest BCUT2D eigenvalue weighted by molar-refractivity contribution is 6.07. The van der Waals surface area contributed by atoms with Crippen LogP contribution in [0.25, 0.3) is 0 Å². The number of hydrogen-bond donors (Lipinski definition) is 2. The molecule has 0 heterocycles. The molecule has 0 spiro atoms. The number of anilines is 2. The van der Waals surface area contributed by atoms with Crippen molar-refractivity contribution in [3.05, 3.63) is 58.9 Å². The third-order valence-electron chi connectivity index (χ3n) is 2.69. The molecule has 3 nitrogen and oxygen atoms in total. The van der Waals surface area contributed by atoms with Gasteiger partial charge >= 0.3 is 0 Å². The highest BCUT2D eigenvalue weighted by Crippen LogP contribution is 2.20. The summed E-state index contributed by atoms with van der Waals surface area (Å²) in [6.45, 7) is 1.81. The molecular weight excluding hydrogens is 269 g/mol. The molecule has 0 radical (unpaired) electrons. The lowest BCUT2D eigenvalue weighted by Crippen LogP contribution is -2.14. The van der Waals surface area contributed by atoms with Gasteiger partial charge in [0.05, 0.1) is 5.56 Å². The molecule has 0 unspecified atom stereocenters.